The number of anilines is 2. The number of hydrogen-bond donors (Lipinski definition) is 1. The Morgan fingerprint density at radius 1 is 1.21 bits per heavy atom. The molecule has 0 radical (unpaired) electrons. The molecule has 0 spiro atoms. The first-order valence-electron chi connectivity index (χ1n) is 9.60. The number of rotatable bonds is 4. The Hall–Kier alpha value is -3.30. The van der Waals surface area contributed by atoms with Gasteiger partial charge < -0.3 is 9.42 Å². The quantitative estimate of drug-likeness (QED) is 0.714. The molecule has 3 aromatic rings. The van der Waals surface area contributed by atoms with Gasteiger partial charge in [-0.15, -0.1) is 0 Å². The minimum absolute atomic E-state index is 0.0723. The molecule has 0 aromatic carbocycles. The van der Waals surface area contributed by atoms with Crippen LogP contribution in [0.2, 0.25) is 0 Å². The van der Waals surface area contributed by atoms with Crippen LogP contribution in [-0.2, 0) is 10.2 Å². The molecule has 1 aliphatic heterocycles. The Kier molecular flexibility index (Phi) is 4.99. The standard InChI is InChI=1S/C19H24N8O2/c1-19(2,3)14-7-17(29-25-14)24-18(28)13-5-4-6-26(9-13)15-8-16(22-11-21-15)27-12-20-10-23-27/h7-8,10-13H,4-6,9H2,1-3H3,(H,24,28). The maximum Gasteiger partial charge on any atom is 0.231 e. The average molecular weight is 396 g/mol. The van der Waals surface area contributed by atoms with Crippen LogP contribution in [0.4, 0.5) is 11.7 Å². The van der Waals surface area contributed by atoms with Crippen molar-refractivity contribution in [2.24, 2.45) is 5.92 Å². The molecule has 1 amide bonds. The lowest BCUT2D eigenvalue weighted by atomic mass is 9.92. The number of piperidine rings is 1. The van der Waals surface area contributed by atoms with Gasteiger partial charge in [0.1, 0.15) is 24.8 Å². The van der Waals surface area contributed by atoms with E-state index in [1.165, 1.54) is 12.7 Å². The molecule has 152 valence electrons. The Balaban J connectivity index is 1.44. The summed E-state index contributed by atoms with van der Waals surface area (Å²) in [4.78, 5) is 27.4. The first kappa shape index (κ1) is 19.0. The molecule has 0 saturated carbocycles. The molecule has 1 atom stereocenters. The largest absolute Gasteiger partial charge is 0.356 e. The van der Waals surface area contributed by atoms with Gasteiger partial charge in [-0.3, -0.25) is 10.1 Å². The van der Waals surface area contributed by atoms with E-state index in [0.717, 1.165) is 30.9 Å². The minimum Gasteiger partial charge on any atom is -0.356 e. The predicted molar refractivity (Wildman–Crippen MR) is 106 cm³/mol. The SMILES string of the molecule is CC(C)(C)c1cc(NC(=O)C2CCCN(c3cc(-n4cncn4)ncn3)C2)on1. The zero-order chi connectivity index (χ0) is 20.4. The van der Waals surface area contributed by atoms with Crippen LogP contribution in [-0.4, -0.2) is 48.9 Å². The number of nitrogens with zero attached hydrogens (tertiary/aromatic N) is 7. The molecule has 10 nitrogen and oxygen atoms in total. The fourth-order valence-electron chi connectivity index (χ4n) is 3.27. The number of nitrogens with one attached hydrogen (secondary N) is 1. The number of hydrogen-bond acceptors (Lipinski definition) is 8. The molecule has 1 fully saturated rings. The van der Waals surface area contributed by atoms with Gasteiger partial charge in [-0.2, -0.15) is 5.10 Å². The van der Waals surface area contributed by atoms with E-state index in [9.17, 15) is 4.79 Å². The van der Waals surface area contributed by atoms with Crippen LogP contribution in [0.25, 0.3) is 5.82 Å². The van der Waals surface area contributed by atoms with Crippen molar-refractivity contribution in [2.75, 3.05) is 23.3 Å². The molecular formula is C19H24N8O2. The highest BCUT2D eigenvalue weighted by Gasteiger charge is 2.28. The molecule has 1 N–H and O–H groups in total. The molecule has 4 heterocycles. The lowest BCUT2D eigenvalue weighted by molar-refractivity contribution is -0.120. The van der Waals surface area contributed by atoms with Gasteiger partial charge in [-0.25, -0.2) is 19.6 Å². The third-order valence-corrected chi connectivity index (χ3v) is 4.93. The van der Waals surface area contributed by atoms with Crippen LogP contribution in [0.15, 0.2) is 35.6 Å². The van der Waals surface area contributed by atoms with Gasteiger partial charge in [-0.1, -0.05) is 25.9 Å². The highest BCUT2D eigenvalue weighted by molar-refractivity contribution is 5.91. The predicted octanol–water partition coefficient (Wildman–Crippen LogP) is 2.20. The molecular weight excluding hydrogens is 372 g/mol. The average Bonchev–Trinajstić information content (AvgIpc) is 3.40. The van der Waals surface area contributed by atoms with E-state index in [0.29, 0.717) is 18.2 Å². The number of aromatic nitrogens is 6. The van der Waals surface area contributed by atoms with Crippen molar-refractivity contribution in [3.63, 3.8) is 0 Å². The molecule has 1 saturated heterocycles. The highest BCUT2D eigenvalue weighted by Crippen LogP contribution is 2.26. The second-order valence-corrected chi connectivity index (χ2v) is 8.18. The summed E-state index contributed by atoms with van der Waals surface area (Å²) < 4.78 is 6.87. The van der Waals surface area contributed by atoms with Gasteiger partial charge >= 0.3 is 0 Å². The van der Waals surface area contributed by atoms with E-state index >= 15 is 0 Å². The maximum atomic E-state index is 12.8. The summed E-state index contributed by atoms with van der Waals surface area (Å²) in [6.45, 7) is 7.54. The molecule has 29 heavy (non-hydrogen) atoms. The van der Waals surface area contributed by atoms with Crippen LogP contribution in [0, 0.1) is 5.92 Å². The third-order valence-electron chi connectivity index (χ3n) is 4.93. The highest BCUT2D eigenvalue weighted by atomic mass is 16.5. The van der Waals surface area contributed by atoms with Gasteiger partial charge in [0.15, 0.2) is 5.82 Å². The zero-order valence-corrected chi connectivity index (χ0v) is 16.7. The monoisotopic (exact) mass is 396 g/mol. The fraction of sp³-hybridized carbons (Fsp3) is 0.474. The normalized spacial score (nSPS) is 17.3. The second kappa shape index (κ2) is 7.61. The van der Waals surface area contributed by atoms with Crippen molar-refractivity contribution in [3.05, 3.63) is 36.8 Å². The number of amides is 1. The smallest absolute Gasteiger partial charge is 0.231 e. The van der Waals surface area contributed by atoms with E-state index in [-0.39, 0.29) is 17.2 Å². The lowest BCUT2D eigenvalue weighted by Crippen LogP contribution is -2.41. The Bertz CT molecular complexity index is 976. The molecule has 1 aliphatic rings. The third kappa shape index (κ3) is 4.25. The topological polar surface area (TPSA) is 115 Å². The first-order chi connectivity index (χ1) is 13.9. The Labute approximate surface area is 168 Å². The molecule has 10 heteroatoms. The number of carbonyl (C=O) groups excluding carboxylic acids is 1. The minimum atomic E-state index is -0.170. The molecule has 3 aromatic heterocycles. The van der Waals surface area contributed by atoms with Crippen molar-refractivity contribution in [3.8, 4) is 5.82 Å². The van der Waals surface area contributed by atoms with Crippen LogP contribution < -0.4 is 10.2 Å². The van der Waals surface area contributed by atoms with E-state index in [4.69, 9.17) is 4.52 Å². The van der Waals surface area contributed by atoms with Crippen molar-refractivity contribution < 1.29 is 9.32 Å². The van der Waals surface area contributed by atoms with E-state index in [1.807, 2.05) is 26.8 Å². The molecule has 0 bridgehead atoms. The van der Waals surface area contributed by atoms with Crippen LogP contribution in [0.3, 0.4) is 0 Å². The van der Waals surface area contributed by atoms with Gasteiger partial charge in [0.05, 0.1) is 11.6 Å². The summed E-state index contributed by atoms with van der Waals surface area (Å²) in [6, 6.07) is 3.63. The summed E-state index contributed by atoms with van der Waals surface area (Å²) in [7, 11) is 0. The maximum absolute atomic E-state index is 12.8. The van der Waals surface area contributed by atoms with Crippen molar-refractivity contribution in [1.82, 2.24) is 29.9 Å². The molecule has 1 unspecified atom stereocenters. The summed E-state index contributed by atoms with van der Waals surface area (Å²) in [6.07, 6.45) is 6.24. The Morgan fingerprint density at radius 3 is 2.76 bits per heavy atom. The van der Waals surface area contributed by atoms with E-state index in [1.54, 1.807) is 17.1 Å². The van der Waals surface area contributed by atoms with E-state index in [2.05, 4.69) is 35.4 Å². The molecule has 4 rings (SSSR count). The van der Waals surface area contributed by atoms with E-state index < -0.39 is 0 Å². The molecule has 0 aliphatic carbocycles. The fourth-order valence-corrected chi connectivity index (χ4v) is 3.27. The van der Waals surface area contributed by atoms with Crippen LogP contribution >= 0.6 is 0 Å². The van der Waals surface area contributed by atoms with Gasteiger partial charge in [0, 0.05) is 30.6 Å². The summed E-state index contributed by atoms with van der Waals surface area (Å²) >= 11 is 0. The van der Waals surface area contributed by atoms with Crippen molar-refractivity contribution >= 4 is 17.6 Å². The summed E-state index contributed by atoms with van der Waals surface area (Å²) in [5, 5.41) is 11.0. The lowest BCUT2D eigenvalue weighted by Gasteiger charge is -2.32. The van der Waals surface area contributed by atoms with Gasteiger partial charge in [0.25, 0.3) is 0 Å². The summed E-state index contributed by atoms with van der Waals surface area (Å²) in [5.41, 5.74) is 0.669. The summed E-state index contributed by atoms with van der Waals surface area (Å²) in [5.74, 6) is 1.54. The Morgan fingerprint density at radius 2 is 2.03 bits per heavy atom. The second-order valence-electron chi connectivity index (χ2n) is 8.18. The number of carbonyl (C=O) groups is 1. The van der Waals surface area contributed by atoms with Gasteiger partial charge in [-0.05, 0) is 12.8 Å². The first-order valence-corrected chi connectivity index (χ1v) is 9.60. The zero-order valence-electron chi connectivity index (χ0n) is 16.7. The van der Waals surface area contributed by atoms with Crippen LogP contribution in [0.1, 0.15) is 39.3 Å². The van der Waals surface area contributed by atoms with Crippen molar-refractivity contribution in [1.29, 1.82) is 0 Å². The van der Waals surface area contributed by atoms with Crippen molar-refractivity contribution in [2.45, 2.75) is 39.0 Å². The van der Waals surface area contributed by atoms with Gasteiger partial charge in [0.2, 0.25) is 11.8 Å². The van der Waals surface area contributed by atoms with Crippen LogP contribution in [0.5, 0.6) is 0 Å².